The zero-order valence-corrected chi connectivity index (χ0v) is 31.6. The third-order valence-corrected chi connectivity index (χ3v) is 11.6. The fraction of sp³-hybridized carbons (Fsp3) is 0.268. The summed E-state index contributed by atoms with van der Waals surface area (Å²) in [6.45, 7) is 5.08. The number of ether oxygens (including phenoxy) is 1. The van der Waals surface area contributed by atoms with Crippen LogP contribution in [0.2, 0.25) is 0 Å². The lowest BCUT2D eigenvalue weighted by Gasteiger charge is -2.29. The fourth-order valence-corrected chi connectivity index (χ4v) is 8.27. The van der Waals surface area contributed by atoms with Crippen molar-refractivity contribution < 1.29 is 28.2 Å². The normalized spacial score (nSPS) is 13.8. The van der Waals surface area contributed by atoms with E-state index in [9.17, 15) is 18.9 Å². The molecule has 4 aromatic carbocycles. The van der Waals surface area contributed by atoms with E-state index in [0.717, 1.165) is 27.8 Å². The summed E-state index contributed by atoms with van der Waals surface area (Å²) in [6, 6.07) is 37.0. The summed E-state index contributed by atoms with van der Waals surface area (Å²) >= 11 is 0. The zero-order chi connectivity index (χ0) is 36.2. The highest BCUT2D eigenvalue weighted by Crippen LogP contribution is 2.49. The van der Waals surface area contributed by atoms with Crippen molar-refractivity contribution in [3.05, 3.63) is 149 Å². The monoisotopic (exact) mass is 739 g/mol. The number of aromatic nitrogens is 1. The van der Waals surface area contributed by atoms with Gasteiger partial charge in [-0.25, -0.2) is 4.79 Å². The Labute approximate surface area is 312 Å². The lowest BCUT2D eigenvalue weighted by Crippen LogP contribution is -2.46. The van der Waals surface area contributed by atoms with Gasteiger partial charge in [0.25, 0.3) is 0 Å². The Hall–Kier alpha value is -4.92. The first-order valence-electron chi connectivity index (χ1n) is 17.0. The molecule has 5 rings (SSSR count). The molecule has 2 amide bonds. The molecule has 1 aromatic heterocycles. The summed E-state index contributed by atoms with van der Waals surface area (Å²) in [5.41, 5.74) is 5.14. The van der Waals surface area contributed by atoms with Crippen LogP contribution in [-0.4, -0.2) is 47.6 Å². The van der Waals surface area contributed by atoms with Crippen molar-refractivity contribution in [2.24, 2.45) is 5.92 Å². The quantitative estimate of drug-likeness (QED) is 0.0992. The molecule has 1 heterocycles. The van der Waals surface area contributed by atoms with Crippen LogP contribution >= 0.6 is 20.6 Å². The second kappa shape index (κ2) is 19.1. The molecule has 0 aliphatic rings. The second-order valence-electron chi connectivity index (χ2n) is 13.1. The van der Waals surface area contributed by atoms with Gasteiger partial charge in [-0.2, -0.15) is 13.5 Å². The molecular formula is C41H46N3O6PS. The summed E-state index contributed by atoms with van der Waals surface area (Å²) in [5.74, 6) is -1.92. The molecule has 0 spiro atoms. The van der Waals surface area contributed by atoms with Crippen molar-refractivity contribution in [3.8, 4) is 11.3 Å². The molecule has 9 nitrogen and oxygen atoms in total. The predicted molar refractivity (Wildman–Crippen MR) is 209 cm³/mol. The Kier molecular flexibility index (Phi) is 14.6. The van der Waals surface area contributed by atoms with E-state index >= 15 is 0 Å². The molecule has 52 heavy (non-hydrogen) atoms. The predicted octanol–water partition coefficient (Wildman–Crippen LogP) is 7.73. The smallest absolute Gasteiger partial charge is 0.408 e. The van der Waals surface area contributed by atoms with Gasteiger partial charge < -0.3 is 24.5 Å². The Morgan fingerprint density at radius 3 is 1.96 bits per heavy atom. The largest absolute Gasteiger partial charge is 0.445 e. The third kappa shape index (κ3) is 11.8. The van der Waals surface area contributed by atoms with Crippen molar-refractivity contribution in [2.75, 3.05) is 12.8 Å². The highest BCUT2D eigenvalue weighted by atomic mass is 32.1. The maximum absolute atomic E-state index is 14.8. The average molecular weight is 740 g/mol. The van der Waals surface area contributed by atoms with Gasteiger partial charge in [-0.3, -0.25) is 9.59 Å². The molecule has 11 heteroatoms. The number of nitrogens with one attached hydrogen (secondary N) is 2. The van der Waals surface area contributed by atoms with Crippen LogP contribution in [0.1, 0.15) is 34.9 Å². The van der Waals surface area contributed by atoms with Crippen LogP contribution in [0.3, 0.4) is 0 Å². The Morgan fingerprint density at radius 2 is 1.35 bits per heavy atom. The Morgan fingerprint density at radius 1 is 0.769 bits per heavy atom. The first-order chi connectivity index (χ1) is 24.6. The van der Waals surface area contributed by atoms with Gasteiger partial charge in [-0.05, 0) is 50.0 Å². The summed E-state index contributed by atoms with van der Waals surface area (Å²) < 4.78 is 26.0. The van der Waals surface area contributed by atoms with E-state index in [1.165, 1.54) is 6.92 Å². The Balaban J connectivity index is 0.00000605. The van der Waals surface area contributed by atoms with Crippen LogP contribution in [0.5, 0.6) is 0 Å². The molecule has 272 valence electrons. The first kappa shape index (κ1) is 39.9. The number of benzene rings is 4. The summed E-state index contributed by atoms with van der Waals surface area (Å²) in [5, 5.41) is 10.0. The minimum Gasteiger partial charge on any atom is -0.445 e. The number of amides is 2. The highest BCUT2D eigenvalue weighted by Gasteiger charge is 2.37. The Bertz CT molecular complexity index is 1940. The number of nitrogens with zero attached hydrogens (tertiary/aromatic N) is 1. The van der Waals surface area contributed by atoms with Crippen LogP contribution in [0.4, 0.5) is 4.79 Å². The number of hydrogen-bond acceptors (Lipinski definition) is 7. The zero-order valence-electron chi connectivity index (χ0n) is 29.7. The molecular weight excluding hydrogens is 694 g/mol. The maximum Gasteiger partial charge on any atom is 0.408 e. The molecule has 0 radical (unpaired) electrons. The van der Waals surface area contributed by atoms with Crippen molar-refractivity contribution in [2.45, 2.75) is 51.5 Å². The molecule has 0 aliphatic carbocycles. The van der Waals surface area contributed by atoms with E-state index in [4.69, 9.17) is 9.26 Å². The van der Waals surface area contributed by atoms with E-state index < -0.39 is 36.9 Å². The molecule has 5 aromatic rings. The number of alkyl carbamates (subject to hydrolysis) is 1. The minimum atomic E-state index is -3.37. The van der Waals surface area contributed by atoms with Crippen molar-refractivity contribution in [3.63, 3.8) is 0 Å². The van der Waals surface area contributed by atoms with Crippen LogP contribution in [0.15, 0.2) is 126 Å². The topological polar surface area (TPSA) is 128 Å². The first-order valence-corrected chi connectivity index (χ1v) is 19.4. The van der Waals surface area contributed by atoms with Crippen LogP contribution in [0.25, 0.3) is 11.3 Å². The number of rotatable bonds is 16. The van der Waals surface area contributed by atoms with E-state index in [0.29, 0.717) is 17.9 Å². The van der Waals surface area contributed by atoms with Crippen LogP contribution in [0, 0.1) is 12.8 Å². The molecule has 2 N–H and O–H groups in total. The van der Waals surface area contributed by atoms with E-state index in [1.54, 1.807) is 12.7 Å². The number of Topliss-reactive ketones (excluding diaryl/α,β-unsaturated/α-hetero) is 1. The number of hydrogen-bond donors (Lipinski definition) is 2. The highest BCUT2D eigenvalue weighted by molar-refractivity contribution is 7.63. The van der Waals surface area contributed by atoms with Crippen LogP contribution < -0.4 is 10.6 Å². The van der Waals surface area contributed by atoms with Gasteiger partial charge in [0.2, 0.25) is 5.91 Å². The van der Waals surface area contributed by atoms with Crippen molar-refractivity contribution in [1.29, 1.82) is 0 Å². The SMILES string of the molecule is CC(=O)[C@@H](Cc1ccc(C)cc1)NC(=O)C(Cc1cc(-c2ccccc2)no1)CP(C)(=O)[C@@H](Cc1ccccc1)NC(=O)OCc1ccccc1.S. The fourth-order valence-electron chi connectivity index (χ4n) is 5.87. The lowest BCUT2D eigenvalue weighted by molar-refractivity contribution is -0.129. The molecule has 0 fully saturated rings. The minimum absolute atomic E-state index is 0. The summed E-state index contributed by atoms with van der Waals surface area (Å²) in [4.78, 5) is 40.1. The summed E-state index contributed by atoms with van der Waals surface area (Å²) in [6.07, 6.45) is -0.140. The molecule has 0 bridgehead atoms. The molecule has 0 saturated carbocycles. The van der Waals surface area contributed by atoms with Gasteiger partial charge in [0.05, 0.1) is 17.7 Å². The van der Waals surface area contributed by atoms with E-state index in [2.05, 4.69) is 15.8 Å². The van der Waals surface area contributed by atoms with E-state index in [-0.39, 0.29) is 44.9 Å². The van der Waals surface area contributed by atoms with Gasteiger partial charge in [0.15, 0.2) is 5.78 Å². The lowest BCUT2D eigenvalue weighted by atomic mass is 9.99. The maximum atomic E-state index is 14.8. The number of ketones is 1. The standard InChI is InChI=1S/C41H44N3O6P.H2S/c1-29-19-21-32(22-20-29)23-37(30(2)45)42-40(46)35(25-36-26-38(44-50-36)34-17-11-6-12-18-34)28-51(3,48)39(24-31-13-7-4-8-14-31)43-41(47)49-27-33-15-9-5-10-16-33;/h4-22,26,35,37,39H,23-25,27-28H2,1-3H3,(H,42,46)(H,43,47);1H2/t35?,37-,39+,51?;/m1./s1. The average Bonchev–Trinajstić information content (AvgIpc) is 3.60. The van der Waals surface area contributed by atoms with Crippen LogP contribution in [-0.2, 0) is 44.8 Å². The van der Waals surface area contributed by atoms with Crippen molar-refractivity contribution >= 4 is 38.4 Å². The molecule has 4 atom stereocenters. The van der Waals surface area contributed by atoms with Gasteiger partial charge in [0, 0.05) is 24.2 Å². The van der Waals surface area contributed by atoms with Gasteiger partial charge in [-0.15, -0.1) is 0 Å². The van der Waals surface area contributed by atoms with Gasteiger partial charge in [0.1, 0.15) is 25.2 Å². The molecule has 0 aliphatic heterocycles. The molecule has 2 unspecified atom stereocenters. The third-order valence-electron chi connectivity index (χ3n) is 8.83. The number of carbonyl (C=O) groups is 3. The summed E-state index contributed by atoms with van der Waals surface area (Å²) in [7, 11) is -3.37. The van der Waals surface area contributed by atoms with Gasteiger partial charge >= 0.3 is 6.09 Å². The second-order valence-corrected chi connectivity index (χ2v) is 16.4. The van der Waals surface area contributed by atoms with E-state index in [1.807, 2.05) is 122 Å². The number of aryl methyl sites for hydroxylation is 1. The molecule has 0 saturated heterocycles. The van der Waals surface area contributed by atoms with Gasteiger partial charge in [-0.1, -0.05) is 126 Å². The van der Waals surface area contributed by atoms with Crippen molar-refractivity contribution in [1.82, 2.24) is 15.8 Å². The number of carbonyl (C=O) groups excluding carboxylic acids is 3.